The summed E-state index contributed by atoms with van der Waals surface area (Å²) in [4.78, 5) is 0. The summed E-state index contributed by atoms with van der Waals surface area (Å²) in [7, 11) is 1.70. The molecule has 0 fully saturated rings. The lowest BCUT2D eigenvalue weighted by Crippen LogP contribution is -2.11. The van der Waals surface area contributed by atoms with Crippen molar-refractivity contribution in [3.63, 3.8) is 0 Å². The molecular weight excluding hydrogens is 212 g/mol. The van der Waals surface area contributed by atoms with Gasteiger partial charge in [-0.1, -0.05) is 32.4 Å². The topological polar surface area (TPSA) is 27.1 Å². The highest BCUT2D eigenvalue weighted by Crippen LogP contribution is 2.28. The van der Waals surface area contributed by atoms with Crippen LogP contribution < -0.4 is 0 Å². The minimum Gasteiger partial charge on any atom is -0.385 e. The van der Waals surface area contributed by atoms with Gasteiger partial charge < -0.3 is 4.74 Å². The molecule has 15 heavy (non-hydrogen) atoms. The minimum absolute atomic E-state index is 0.0522. The Morgan fingerprint density at radius 3 is 2.60 bits per heavy atom. The Kier molecular flexibility index (Phi) is 4.17. The number of halogens is 1. The monoisotopic (exact) mass is 230 g/mol. The van der Waals surface area contributed by atoms with Gasteiger partial charge in [-0.25, -0.2) is 0 Å². The van der Waals surface area contributed by atoms with Gasteiger partial charge in [0.15, 0.2) is 0 Å². The lowest BCUT2D eigenvalue weighted by Gasteiger charge is -2.16. The van der Waals surface area contributed by atoms with Crippen molar-refractivity contribution in [1.29, 1.82) is 0 Å². The molecule has 1 rings (SSSR count). The van der Waals surface area contributed by atoms with E-state index in [0.717, 1.165) is 30.3 Å². The van der Waals surface area contributed by atoms with Crippen molar-refractivity contribution in [2.24, 2.45) is 0 Å². The third-order valence-corrected chi connectivity index (χ3v) is 2.70. The molecule has 0 radical (unpaired) electrons. The van der Waals surface area contributed by atoms with Gasteiger partial charge in [-0.2, -0.15) is 5.10 Å². The largest absolute Gasteiger partial charge is 0.385 e. The average Bonchev–Trinajstić information content (AvgIpc) is 2.47. The Hall–Kier alpha value is -0.540. The molecule has 0 aromatic carbocycles. The maximum absolute atomic E-state index is 6.25. The summed E-state index contributed by atoms with van der Waals surface area (Å²) in [6.07, 6.45) is 2.79. The Bertz CT molecular complexity index is 315. The van der Waals surface area contributed by atoms with E-state index < -0.39 is 0 Å². The van der Waals surface area contributed by atoms with E-state index in [2.05, 4.69) is 25.9 Å². The molecule has 3 nitrogen and oxygen atoms in total. The van der Waals surface area contributed by atoms with E-state index in [1.54, 1.807) is 7.11 Å². The van der Waals surface area contributed by atoms with Crippen LogP contribution in [0.15, 0.2) is 6.20 Å². The predicted molar refractivity (Wildman–Crippen MR) is 62.4 cm³/mol. The van der Waals surface area contributed by atoms with Crippen molar-refractivity contribution < 1.29 is 4.74 Å². The summed E-state index contributed by atoms with van der Waals surface area (Å²) in [5, 5.41) is 5.03. The standard InChI is InChI=1S/C11H19ClN2O/c1-11(2,3)9-8-13-14(10(9)12)6-5-7-15-4/h8H,5-7H2,1-4H3. The van der Waals surface area contributed by atoms with Crippen molar-refractivity contribution in [1.82, 2.24) is 9.78 Å². The van der Waals surface area contributed by atoms with E-state index >= 15 is 0 Å². The zero-order valence-corrected chi connectivity index (χ0v) is 10.6. The van der Waals surface area contributed by atoms with E-state index in [-0.39, 0.29) is 5.41 Å². The first-order valence-electron chi connectivity index (χ1n) is 5.17. The fraction of sp³-hybridized carbons (Fsp3) is 0.727. The van der Waals surface area contributed by atoms with E-state index in [9.17, 15) is 0 Å². The van der Waals surface area contributed by atoms with Crippen molar-refractivity contribution in [3.05, 3.63) is 16.9 Å². The van der Waals surface area contributed by atoms with Crippen molar-refractivity contribution in [3.8, 4) is 0 Å². The number of methoxy groups -OCH3 is 1. The highest BCUT2D eigenvalue weighted by atomic mass is 35.5. The first-order valence-corrected chi connectivity index (χ1v) is 5.55. The van der Waals surface area contributed by atoms with Gasteiger partial charge in [-0.05, 0) is 11.8 Å². The van der Waals surface area contributed by atoms with Crippen LogP contribution in [0.25, 0.3) is 0 Å². The highest BCUT2D eigenvalue weighted by molar-refractivity contribution is 6.30. The van der Waals surface area contributed by atoms with Crippen molar-refractivity contribution >= 4 is 11.6 Å². The quantitative estimate of drug-likeness (QED) is 0.744. The van der Waals surface area contributed by atoms with Crippen LogP contribution in [0.3, 0.4) is 0 Å². The Morgan fingerprint density at radius 1 is 1.47 bits per heavy atom. The number of aryl methyl sites for hydroxylation is 1. The molecule has 1 heterocycles. The van der Waals surface area contributed by atoms with Gasteiger partial charge in [0.05, 0.1) is 6.20 Å². The minimum atomic E-state index is 0.0522. The molecule has 0 aliphatic carbocycles. The molecule has 0 spiro atoms. The molecule has 1 aromatic heterocycles. The molecule has 0 aliphatic rings. The SMILES string of the molecule is COCCCn1ncc(C(C)(C)C)c1Cl. The van der Waals surface area contributed by atoms with Gasteiger partial charge in [-0.15, -0.1) is 0 Å². The molecule has 1 aromatic rings. The first kappa shape index (κ1) is 12.5. The number of hydrogen-bond acceptors (Lipinski definition) is 2. The number of rotatable bonds is 4. The first-order chi connectivity index (χ1) is 6.96. The average molecular weight is 231 g/mol. The lowest BCUT2D eigenvalue weighted by molar-refractivity contribution is 0.189. The van der Waals surface area contributed by atoms with E-state index in [1.807, 2.05) is 10.9 Å². The fourth-order valence-corrected chi connectivity index (χ4v) is 1.85. The number of aromatic nitrogens is 2. The maximum Gasteiger partial charge on any atom is 0.130 e. The molecule has 0 atom stereocenters. The van der Waals surface area contributed by atoms with Crippen LogP contribution in [0.5, 0.6) is 0 Å². The predicted octanol–water partition coefficient (Wildman–Crippen LogP) is 2.87. The molecule has 0 aliphatic heterocycles. The smallest absolute Gasteiger partial charge is 0.130 e. The van der Waals surface area contributed by atoms with Crippen LogP contribution in [0.1, 0.15) is 32.8 Å². The summed E-state index contributed by atoms with van der Waals surface area (Å²) in [6, 6.07) is 0. The van der Waals surface area contributed by atoms with Gasteiger partial charge >= 0.3 is 0 Å². The highest BCUT2D eigenvalue weighted by Gasteiger charge is 2.20. The Labute approximate surface area is 96.4 Å². The molecule has 4 heteroatoms. The second-order valence-electron chi connectivity index (χ2n) is 4.67. The third-order valence-electron chi connectivity index (χ3n) is 2.30. The van der Waals surface area contributed by atoms with Crippen molar-refractivity contribution in [2.45, 2.75) is 39.2 Å². The third kappa shape index (κ3) is 3.21. The van der Waals surface area contributed by atoms with Gasteiger partial charge in [-0.3, -0.25) is 4.68 Å². The zero-order valence-electron chi connectivity index (χ0n) is 9.88. The van der Waals surface area contributed by atoms with Gasteiger partial charge in [0, 0.05) is 25.8 Å². The lowest BCUT2D eigenvalue weighted by atomic mass is 9.90. The molecule has 0 bridgehead atoms. The number of nitrogens with zero attached hydrogens (tertiary/aromatic N) is 2. The molecule has 0 unspecified atom stereocenters. The van der Waals surface area contributed by atoms with E-state index in [4.69, 9.17) is 16.3 Å². The molecule has 0 amide bonds. The molecule has 0 N–H and O–H groups in total. The molecule has 0 saturated carbocycles. The zero-order chi connectivity index (χ0) is 11.5. The summed E-state index contributed by atoms with van der Waals surface area (Å²) in [5.41, 5.74) is 1.15. The van der Waals surface area contributed by atoms with Crippen LogP contribution in [0.2, 0.25) is 5.15 Å². The molecular formula is C11H19ClN2O. The Balaban J connectivity index is 2.72. The molecule has 0 saturated heterocycles. The Morgan fingerprint density at radius 2 is 2.13 bits per heavy atom. The normalized spacial score (nSPS) is 12.1. The van der Waals surface area contributed by atoms with Crippen LogP contribution in [0, 0.1) is 0 Å². The van der Waals surface area contributed by atoms with Crippen molar-refractivity contribution in [2.75, 3.05) is 13.7 Å². The van der Waals surface area contributed by atoms with Crippen LogP contribution in [0.4, 0.5) is 0 Å². The van der Waals surface area contributed by atoms with Crippen LogP contribution in [-0.4, -0.2) is 23.5 Å². The van der Waals surface area contributed by atoms with E-state index in [1.165, 1.54) is 0 Å². The second kappa shape index (κ2) is 4.99. The van der Waals surface area contributed by atoms with Gasteiger partial charge in [0.25, 0.3) is 0 Å². The van der Waals surface area contributed by atoms with Crippen LogP contribution >= 0.6 is 11.6 Å². The van der Waals surface area contributed by atoms with E-state index in [0.29, 0.717) is 0 Å². The van der Waals surface area contributed by atoms with Crippen LogP contribution in [-0.2, 0) is 16.7 Å². The fourth-order valence-electron chi connectivity index (χ4n) is 1.39. The second-order valence-corrected chi connectivity index (χ2v) is 5.03. The molecule has 86 valence electrons. The van der Waals surface area contributed by atoms with Gasteiger partial charge in [0.2, 0.25) is 0 Å². The summed E-state index contributed by atoms with van der Waals surface area (Å²) < 4.78 is 6.83. The summed E-state index contributed by atoms with van der Waals surface area (Å²) in [6.45, 7) is 7.95. The number of hydrogen-bond donors (Lipinski definition) is 0. The van der Waals surface area contributed by atoms with Gasteiger partial charge in [0.1, 0.15) is 5.15 Å². The summed E-state index contributed by atoms with van der Waals surface area (Å²) in [5.74, 6) is 0. The number of ether oxygens (including phenoxy) is 1. The summed E-state index contributed by atoms with van der Waals surface area (Å²) >= 11 is 6.25. The maximum atomic E-state index is 6.25.